The van der Waals surface area contributed by atoms with Gasteiger partial charge in [0, 0.05) is 19.8 Å². The molecule has 1 heterocycles. The van der Waals surface area contributed by atoms with Gasteiger partial charge in [-0.25, -0.2) is 0 Å². The molecule has 100 valence electrons. The maximum absolute atomic E-state index is 11.9. The quantitative estimate of drug-likeness (QED) is 0.794. The van der Waals surface area contributed by atoms with E-state index in [0.717, 1.165) is 25.7 Å². The summed E-state index contributed by atoms with van der Waals surface area (Å²) in [5.41, 5.74) is -0.211. The average molecular weight is 251 g/mol. The van der Waals surface area contributed by atoms with E-state index in [-0.39, 0.29) is 5.91 Å². The summed E-state index contributed by atoms with van der Waals surface area (Å²) in [6.45, 7) is 0.330. The highest BCUT2D eigenvalue weighted by atomic mass is 16.3. The molecule has 0 aromatic carbocycles. The zero-order chi connectivity index (χ0) is 13.0. The van der Waals surface area contributed by atoms with E-state index in [1.807, 2.05) is 0 Å². The number of nitrogens with one attached hydrogen (secondary N) is 1. The minimum atomic E-state index is -0.731. The number of rotatable bonds is 3. The number of aryl methyl sites for hydroxylation is 1. The molecule has 5 heteroatoms. The number of aromatic nitrogens is 2. The minimum Gasteiger partial charge on any atom is -0.388 e. The molecule has 0 atom stereocenters. The second-order valence-corrected chi connectivity index (χ2v) is 5.16. The highest BCUT2D eigenvalue weighted by Gasteiger charge is 2.28. The van der Waals surface area contributed by atoms with E-state index in [2.05, 4.69) is 10.4 Å². The molecule has 1 aliphatic rings. The molecule has 1 amide bonds. The lowest BCUT2D eigenvalue weighted by Gasteiger charge is -2.26. The predicted molar refractivity (Wildman–Crippen MR) is 68.2 cm³/mol. The standard InChI is InChI=1S/C13H21N3O2/c1-16-11(6-9-15-16)12(17)14-10-13(18)7-4-2-3-5-8-13/h6,9,18H,2-5,7-8,10H2,1H3,(H,14,17). The van der Waals surface area contributed by atoms with Crippen molar-refractivity contribution < 1.29 is 9.90 Å². The number of hydrogen-bond acceptors (Lipinski definition) is 3. The molecule has 0 radical (unpaired) electrons. The molecule has 5 nitrogen and oxygen atoms in total. The van der Waals surface area contributed by atoms with Crippen molar-refractivity contribution in [3.8, 4) is 0 Å². The first kappa shape index (κ1) is 13.1. The van der Waals surface area contributed by atoms with Crippen molar-refractivity contribution in [2.24, 2.45) is 7.05 Å². The molecule has 1 saturated carbocycles. The third kappa shape index (κ3) is 3.10. The van der Waals surface area contributed by atoms with Crippen LogP contribution in [0.1, 0.15) is 49.0 Å². The summed E-state index contributed by atoms with van der Waals surface area (Å²) in [5, 5.41) is 17.2. The first-order chi connectivity index (χ1) is 8.61. The number of hydrogen-bond donors (Lipinski definition) is 2. The lowest BCUT2D eigenvalue weighted by molar-refractivity contribution is 0.0245. The van der Waals surface area contributed by atoms with Gasteiger partial charge in [0.1, 0.15) is 5.69 Å². The number of amides is 1. The summed E-state index contributed by atoms with van der Waals surface area (Å²) in [6.07, 6.45) is 7.58. The summed E-state index contributed by atoms with van der Waals surface area (Å²) in [4.78, 5) is 11.9. The van der Waals surface area contributed by atoms with Crippen LogP contribution in [0.4, 0.5) is 0 Å². The molecule has 2 N–H and O–H groups in total. The van der Waals surface area contributed by atoms with Gasteiger partial charge in [-0.05, 0) is 18.9 Å². The van der Waals surface area contributed by atoms with Crippen LogP contribution >= 0.6 is 0 Å². The Balaban J connectivity index is 1.90. The molecule has 1 aromatic rings. The van der Waals surface area contributed by atoms with Gasteiger partial charge in [0.15, 0.2) is 0 Å². The lowest BCUT2D eigenvalue weighted by atomic mass is 9.94. The molecule has 0 unspecified atom stereocenters. The first-order valence-electron chi connectivity index (χ1n) is 6.59. The molecule has 1 aliphatic carbocycles. The predicted octanol–water partition coefficient (Wildman–Crippen LogP) is 1.24. The molecule has 0 aliphatic heterocycles. The molecule has 2 rings (SSSR count). The Bertz CT molecular complexity index is 406. The largest absolute Gasteiger partial charge is 0.388 e. The lowest BCUT2D eigenvalue weighted by Crippen LogP contribution is -2.43. The Morgan fingerprint density at radius 2 is 2.11 bits per heavy atom. The van der Waals surface area contributed by atoms with Crippen LogP contribution in [-0.4, -0.2) is 32.9 Å². The molecule has 1 fully saturated rings. The van der Waals surface area contributed by atoms with E-state index in [0.29, 0.717) is 12.2 Å². The zero-order valence-corrected chi connectivity index (χ0v) is 10.9. The van der Waals surface area contributed by atoms with E-state index in [4.69, 9.17) is 0 Å². The van der Waals surface area contributed by atoms with Crippen LogP contribution in [0.25, 0.3) is 0 Å². The van der Waals surface area contributed by atoms with Crippen molar-refractivity contribution in [3.05, 3.63) is 18.0 Å². The molecular formula is C13H21N3O2. The van der Waals surface area contributed by atoms with Gasteiger partial charge >= 0.3 is 0 Å². The van der Waals surface area contributed by atoms with Crippen LogP contribution < -0.4 is 5.32 Å². The molecule has 0 spiro atoms. The highest BCUT2D eigenvalue weighted by Crippen LogP contribution is 2.26. The fraction of sp³-hybridized carbons (Fsp3) is 0.692. The van der Waals surface area contributed by atoms with Crippen LogP contribution in [0, 0.1) is 0 Å². The molecule has 0 bridgehead atoms. The maximum Gasteiger partial charge on any atom is 0.269 e. The van der Waals surface area contributed by atoms with Crippen LogP contribution in [0.5, 0.6) is 0 Å². The monoisotopic (exact) mass is 251 g/mol. The number of carbonyl (C=O) groups excluding carboxylic acids is 1. The zero-order valence-electron chi connectivity index (χ0n) is 10.9. The minimum absolute atomic E-state index is 0.173. The van der Waals surface area contributed by atoms with Gasteiger partial charge in [0.25, 0.3) is 5.91 Å². The van der Waals surface area contributed by atoms with E-state index in [9.17, 15) is 9.90 Å². The van der Waals surface area contributed by atoms with Gasteiger partial charge in [-0.1, -0.05) is 25.7 Å². The van der Waals surface area contributed by atoms with Crippen molar-refractivity contribution in [2.45, 2.75) is 44.1 Å². The average Bonchev–Trinajstić information content (AvgIpc) is 2.65. The summed E-state index contributed by atoms with van der Waals surface area (Å²) >= 11 is 0. The van der Waals surface area contributed by atoms with Crippen LogP contribution in [0.15, 0.2) is 12.3 Å². The van der Waals surface area contributed by atoms with E-state index in [1.54, 1.807) is 19.3 Å². The summed E-state index contributed by atoms with van der Waals surface area (Å²) in [7, 11) is 1.73. The Morgan fingerprint density at radius 1 is 1.44 bits per heavy atom. The van der Waals surface area contributed by atoms with Gasteiger partial charge in [-0.3, -0.25) is 9.48 Å². The summed E-state index contributed by atoms with van der Waals surface area (Å²) < 4.78 is 1.53. The van der Waals surface area contributed by atoms with Crippen molar-refractivity contribution in [3.63, 3.8) is 0 Å². The van der Waals surface area contributed by atoms with E-state index in [1.165, 1.54) is 17.5 Å². The number of aliphatic hydroxyl groups is 1. The van der Waals surface area contributed by atoms with Gasteiger partial charge in [0.2, 0.25) is 0 Å². The van der Waals surface area contributed by atoms with Gasteiger partial charge in [-0.2, -0.15) is 5.10 Å². The molecular weight excluding hydrogens is 230 g/mol. The number of carbonyl (C=O) groups is 1. The molecule has 1 aromatic heterocycles. The third-order valence-corrected chi connectivity index (χ3v) is 3.67. The summed E-state index contributed by atoms with van der Waals surface area (Å²) in [5.74, 6) is -0.173. The van der Waals surface area contributed by atoms with Crippen molar-refractivity contribution in [1.29, 1.82) is 0 Å². The summed E-state index contributed by atoms with van der Waals surface area (Å²) in [6, 6.07) is 1.67. The maximum atomic E-state index is 11.9. The van der Waals surface area contributed by atoms with Crippen molar-refractivity contribution in [1.82, 2.24) is 15.1 Å². The van der Waals surface area contributed by atoms with Crippen LogP contribution in [-0.2, 0) is 7.05 Å². The Kier molecular flexibility index (Phi) is 4.01. The van der Waals surface area contributed by atoms with Gasteiger partial charge in [-0.15, -0.1) is 0 Å². The van der Waals surface area contributed by atoms with Crippen molar-refractivity contribution in [2.75, 3.05) is 6.54 Å². The van der Waals surface area contributed by atoms with E-state index < -0.39 is 5.60 Å². The Hall–Kier alpha value is -1.36. The topological polar surface area (TPSA) is 67.2 Å². The fourth-order valence-electron chi connectivity index (χ4n) is 2.50. The highest BCUT2D eigenvalue weighted by molar-refractivity contribution is 5.92. The SMILES string of the molecule is Cn1nccc1C(=O)NCC1(O)CCCCCC1. The molecule has 18 heavy (non-hydrogen) atoms. The molecule has 0 saturated heterocycles. The second-order valence-electron chi connectivity index (χ2n) is 5.16. The Labute approximate surface area is 107 Å². The normalized spacial score (nSPS) is 19.2. The number of nitrogens with zero attached hydrogens (tertiary/aromatic N) is 2. The smallest absolute Gasteiger partial charge is 0.269 e. The second kappa shape index (κ2) is 5.52. The Morgan fingerprint density at radius 3 is 2.67 bits per heavy atom. The van der Waals surface area contributed by atoms with Crippen LogP contribution in [0.2, 0.25) is 0 Å². The van der Waals surface area contributed by atoms with Gasteiger partial charge in [0.05, 0.1) is 5.60 Å². The van der Waals surface area contributed by atoms with Gasteiger partial charge < -0.3 is 10.4 Å². The fourth-order valence-corrected chi connectivity index (χ4v) is 2.50. The van der Waals surface area contributed by atoms with Crippen LogP contribution in [0.3, 0.4) is 0 Å². The third-order valence-electron chi connectivity index (χ3n) is 3.67. The van der Waals surface area contributed by atoms with E-state index >= 15 is 0 Å². The first-order valence-corrected chi connectivity index (χ1v) is 6.59. The van der Waals surface area contributed by atoms with Crippen molar-refractivity contribution >= 4 is 5.91 Å².